The Morgan fingerprint density at radius 2 is 1.89 bits per heavy atom. The number of aromatic nitrogens is 1. The van der Waals surface area contributed by atoms with Gasteiger partial charge in [0.15, 0.2) is 11.6 Å². The molecule has 2 aliphatic rings. The van der Waals surface area contributed by atoms with Gasteiger partial charge in [-0.15, -0.1) is 0 Å². The summed E-state index contributed by atoms with van der Waals surface area (Å²) in [6, 6.07) is 1.07. The molecule has 1 aromatic rings. The minimum Gasteiger partial charge on any atom is -0.481 e. The average Bonchev–Trinajstić information content (AvgIpc) is 3.32. The Labute approximate surface area is 197 Å². The average molecular weight is 514 g/mol. The van der Waals surface area contributed by atoms with E-state index in [1.807, 2.05) is 0 Å². The molecule has 4 N–H and O–H groups in total. The summed E-state index contributed by atoms with van der Waals surface area (Å²) < 4.78 is 77.9. The summed E-state index contributed by atoms with van der Waals surface area (Å²) in [5.74, 6) is -5.72. The number of nitrogens with one attached hydrogen (secondary N) is 3. The van der Waals surface area contributed by atoms with Gasteiger partial charge in [0.05, 0.1) is 13.2 Å². The number of carboxylic acid groups (broad SMARTS) is 1. The number of ether oxygens (including phenoxy) is 1. The van der Waals surface area contributed by atoms with Gasteiger partial charge in [-0.2, -0.15) is 18.2 Å². The lowest BCUT2D eigenvalue weighted by Crippen LogP contribution is -2.40. The van der Waals surface area contributed by atoms with Gasteiger partial charge in [0.2, 0.25) is 17.7 Å². The fraction of sp³-hybridized carbons (Fsp3) is 0.667. The zero-order valence-electron chi connectivity index (χ0n) is 19.0. The van der Waals surface area contributed by atoms with Crippen molar-refractivity contribution in [2.75, 3.05) is 25.5 Å². The third-order valence-corrected chi connectivity index (χ3v) is 5.68. The van der Waals surface area contributed by atoms with Gasteiger partial charge in [-0.1, -0.05) is 0 Å². The molecule has 2 heterocycles. The molecule has 0 bridgehead atoms. The van der Waals surface area contributed by atoms with Crippen molar-refractivity contribution in [1.82, 2.24) is 15.6 Å². The number of hydrogen-bond donors (Lipinski definition) is 4. The third kappa shape index (κ3) is 9.07. The SMILES string of the molecule is COc1nc(NCC2CCC(F)(F)CC2)c(F)cc1CNC(=O)[C@@H]1CCCN1.O=C(O)C(F)(F)F. The monoisotopic (exact) mass is 514 g/mol. The highest BCUT2D eigenvalue weighted by molar-refractivity contribution is 5.82. The molecular formula is C21H28F6N4O4. The largest absolute Gasteiger partial charge is 0.490 e. The predicted molar refractivity (Wildman–Crippen MR) is 113 cm³/mol. The number of pyridine rings is 1. The van der Waals surface area contributed by atoms with Crippen molar-refractivity contribution in [3.63, 3.8) is 0 Å². The van der Waals surface area contributed by atoms with Crippen molar-refractivity contribution in [3.8, 4) is 5.88 Å². The molecule has 0 radical (unpaired) electrons. The van der Waals surface area contributed by atoms with Crippen LogP contribution in [0.4, 0.5) is 32.2 Å². The number of carbonyl (C=O) groups is 2. The number of methoxy groups -OCH3 is 1. The normalized spacial score (nSPS) is 19.9. The molecule has 3 rings (SSSR count). The Morgan fingerprint density at radius 1 is 1.26 bits per heavy atom. The first-order valence-electron chi connectivity index (χ1n) is 11.0. The summed E-state index contributed by atoms with van der Waals surface area (Å²) in [5.41, 5.74) is 0.439. The van der Waals surface area contributed by atoms with E-state index in [1.165, 1.54) is 13.2 Å². The quantitative estimate of drug-likeness (QED) is 0.413. The lowest BCUT2D eigenvalue weighted by Gasteiger charge is -2.28. The summed E-state index contributed by atoms with van der Waals surface area (Å²) in [5, 5.41) is 15.9. The molecule has 8 nitrogen and oxygen atoms in total. The van der Waals surface area contributed by atoms with Crippen LogP contribution in [0.1, 0.15) is 44.1 Å². The number of aliphatic carboxylic acids is 1. The number of amides is 1. The summed E-state index contributed by atoms with van der Waals surface area (Å²) >= 11 is 0. The molecule has 14 heteroatoms. The maximum atomic E-state index is 14.4. The molecule has 1 aliphatic carbocycles. The van der Waals surface area contributed by atoms with E-state index in [0.29, 0.717) is 24.9 Å². The van der Waals surface area contributed by atoms with Crippen molar-refractivity contribution in [2.24, 2.45) is 5.92 Å². The van der Waals surface area contributed by atoms with Crippen molar-refractivity contribution in [3.05, 3.63) is 17.4 Å². The molecule has 0 aromatic carbocycles. The van der Waals surface area contributed by atoms with Crippen LogP contribution in [0.15, 0.2) is 6.07 Å². The van der Waals surface area contributed by atoms with Gasteiger partial charge in [-0.25, -0.2) is 18.0 Å². The predicted octanol–water partition coefficient (Wildman–Crippen LogP) is 3.47. The Balaban J connectivity index is 0.000000540. The third-order valence-electron chi connectivity index (χ3n) is 5.68. The van der Waals surface area contributed by atoms with E-state index in [-0.39, 0.29) is 49.0 Å². The van der Waals surface area contributed by atoms with Crippen LogP contribution in [0.2, 0.25) is 0 Å². The van der Waals surface area contributed by atoms with Crippen LogP contribution in [0.25, 0.3) is 0 Å². The number of alkyl halides is 5. The molecule has 35 heavy (non-hydrogen) atoms. The van der Waals surface area contributed by atoms with Crippen LogP contribution in [-0.4, -0.2) is 60.3 Å². The standard InChI is InChI=1S/C19H27F3N4O2.C2HF3O2/c1-28-18-13(11-25-17(27)15-3-2-8-23-15)9-14(20)16(26-18)24-10-12-4-6-19(21,22)7-5-12;3-2(4,5)1(6)7/h9,12,15,23H,2-8,10-11H2,1H3,(H,24,26)(H,25,27);(H,6,7)/t15-;/m0./s1. The number of carboxylic acids is 1. The number of anilines is 1. The number of carbonyl (C=O) groups excluding carboxylic acids is 1. The zero-order chi connectivity index (χ0) is 26.2. The first-order chi connectivity index (χ1) is 16.3. The second-order valence-corrected chi connectivity index (χ2v) is 8.34. The summed E-state index contributed by atoms with van der Waals surface area (Å²) in [6.07, 6.45) is -2.81. The van der Waals surface area contributed by atoms with Crippen LogP contribution in [0, 0.1) is 11.7 Å². The minimum absolute atomic E-state index is 0.0294. The van der Waals surface area contributed by atoms with Gasteiger partial charge >= 0.3 is 12.1 Å². The number of rotatable bonds is 7. The van der Waals surface area contributed by atoms with Crippen molar-refractivity contribution >= 4 is 17.7 Å². The van der Waals surface area contributed by atoms with Gasteiger partial charge in [-0.05, 0) is 44.2 Å². The van der Waals surface area contributed by atoms with Crippen LogP contribution in [0.3, 0.4) is 0 Å². The van der Waals surface area contributed by atoms with E-state index < -0.39 is 23.9 Å². The molecular weight excluding hydrogens is 486 g/mol. The number of halogens is 6. The van der Waals surface area contributed by atoms with Crippen LogP contribution >= 0.6 is 0 Å². The molecule has 1 saturated heterocycles. The molecule has 2 fully saturated rings. The Morgan fingerprint density at radius 3 is 2.40 bits per heavy atom. The van der Waals surface area contributed by atoms with Crippen molar-refractivity contribution < 1.29 is 45.8 Å². The highest BCUT2D eigenvalue weighted by Crippen LogP contribution is 2.36. The van der Waals surface area contributed by atoms with E-state index in [1.54, 1.807) is 0 Å². The molecule has 1 atom stereocenters. The summed E-state index contributed by atoms with van der Waals surface area (Å²) in [7, 11) is 1.43. The first-order valence-corrected chi connectivity index (χ1v) is 11.0. The van der Waals surface area contributed by atoms with Crippen molar-refractivity contribution in [2.45, 2.75) is 63.2 Å². The number of nitrogens with zero attached hydrogens (tertiary/aromatic N) is 1. The highest BCUT2D eigenvalue weighted by Gasteiger charge is 2.38. The molecule has 0 unspecified atom stereocenters. The van der Waals surface area contributed by atoms with Gasteiger partial charge in [0, 0.05) is 31.5 Å². The van der Waals surface area contributed by atoms with E-state index in [4.69, 9.17) is 14.6 Å². The Bertz CT molecular complexity index is 868. The zero-order valence-corrected chi connectivity index (χ0v) is 19.0. The molecule has 0 spiro atoms. The topological polar surface area (TPSA) is 113 Å². The van der Waals surface area contributed by atoms with E-state index in [9.17, 15) is 31.1 Å². The van der Waals surface area contributed by atoms with Crippen LogP contribution in [0.5, 0.6) is 5.88 Å². The smallest absolute Gasteiger partial charge is 0.481 e. The maximum Gasteiger partial charge on any atom is 0.490 e. The lowest BCUT2D eigenvalue weighted by molar-refractivity contribution is -0.192. The van der Waals surface area contributed by atoms with Gasteiger partial charge in [0.25, 0.3) is 0 Å². The van der Waals surface area contributed by atoms with Crippen LogP contribution in [-0.2, 0) is 16.1 Å². The van der Waals surface area contributed by atoms with Gasteiger partial charge in [-0.3, -0.25) is 4.79 Å². The van der Waals surface area contributed by atoms with Gasteiger partial charge in [0.1, 0.15) is 0 Å². The Kier molecular flexibility index (Phi) is 9.98. The maximum absolute atomic E-state index is 14.4. The lowest BCUT2D eigenvalue weighted by atomic mass is 9.87. The molecule has 198 valence electrons. The highest BCUT2D eigenvalue weighted by atomic mass is 19.4. The first kappa shape index (κ1) is 28.5. The van der Waals surface area contributed by atoms with Crippen molar-refractivity contribution in [1.29, 1.82) is 0 Å². The molecule has 1 aromatic heterocycles. The fourth-order valence-corrected chi connectivity index (χ4v) is 3.70. The van der Waals surface area contributed by atoms with Gasteiger partial charge < -0.3 is 25.8 Å². The molecule has 1 saturated carbocycles. The van der Waals surface area contributed by atoms with E-state index >= 15 is 0 Å². The van der Waals surface area contributed by atoms with E-state index in [2.05, 4.69) is 20.9 Å². The molecule has 1 aliphatic heterocycles. The second-order valence-electron chi connectivity index (χ2n) is 8.34. The fourth-order valence-electron chi connectivity index (χ4n) is 3.70. The minimum atomic E-state index is -5.08. The number of hydrogen-bond acceptors (Lipinski definition) is 6. The van der Waals surface area contributed by atoms with E-state index in [0.717, 1.165) is 19.4 Å². The Hall–Kier alpha value is -2.77. The molecule has 1 amide bonds. The summed E-state index contributed by atoms with van der Waals surface area (Å²) in [4.78, 5) is 25.2. The second kappa shape index (κ2) is 12.3. The summed E-state index contributed by atoms with van der Waals surface area (Å²) in [6.45, 7) is 1.31. The van der Waals surface area contributed by atoms with Crippen LogP contribution < -0.4 is 20.7 Å².